The first-order valence-electron chi connectivity index (χ1n) is 7.82. The summed E-state index contributed by atoms with van der Waals surface area (Å²) in [6.07, 6.45) is 8.09. The van der Waals surface area contributed by atoms with Crippen LogP contribution in [0.3, 0.4) is 0 Å². The first-order chi connectivity index (χ1) is 8.54. The zero-order valence-electron chi connectivity index (χ0n) is 14.7. The Morgan fingerprint density at radius 3 is 1.32 bits per heavy atom. The third-order valence-corrected chi connectivity index (χ3v) is 2.38. The van der Waals surface area contributed by atoms with E-state index >= 15 is 0 Å². The van der Waals surface area contributed by atoms with Crippen molar-refractivity contribution in [3.05, 3.63) is 5.32 Å². The van der Waals surface area contributed by atoms with E-state index in [4.69, 9.17) is 4.74 Å². The average molecular weight is 265 g/mol. The van der Waals surface area contributed by atoms with Crippen LogP contribution in [0, 0.1) is 0 Å². The van der Waals surface area contributed by atoms with Gasteiger partial charge in [-0.05, 0) is 12.8 Å². The molecule has 0 saturated carbocycles. The molecule has 0 radical (unpaired) electrons. The Balaban J connectivity index is -0.000000199. The van der Waals surface area contributed by atoms with Crippen molar-refractivity contribution in [1.82, 2.24) is 0 Å². The van der Waals surface area contributed by atoms with Gasteiger partial charge in [0.05, 0.1) is 0 Å². The van der Waals surface area contributed by atoms with Crippen LogP contribution in [-0.2, 0) is 4.74 Å². The zero-order chi connectivity index (χ0) is 14.2. The van der Waals surface area contributed by atoms with Gasteiger partial charge >= 0.3 is 18.9 Å². The van der Waals surface area contributed by atoms with Gasteiger partial charge in [0.1, 0.15) is 0 Å². The molecule has 19 heavy (non-hydrogen) atoms. The minimum Gasteiger partial charge on any atom is -0.658 e. The molecule has 1 rings (SSSR count). The van der Waals surface area contributed by atoms with Crippen LogP contribution in [0.2, 0.25) is 0 Å². The maximum atomic E-state index is 4.94. The molecular formula is C16H36LiNO. The van der Waals surface area contributed by atoms with Crippen molar-refractivity contribution < 1.29 is 23.6 Å². The summed E-state index contributed by atoms with van der Waals surface area (Å²) in [4.78, 5) is 0. The Labute approximate surface area is 134 Å². The number of rotatable bonds is 5. The van der Waals surface area contributed by atoms with E-state index in [1.54, 1.807) is 0 Å². The van der Waals surface area contributed by atoms with Gasteiger partial charge in [-0.25, -0.2) is 0 Å². The molecule has 0 unspecified atom stereocenters. The van der Waals surface area contributed by atoms with Gasteiger partial charge in [0.15, 0.2) is 0 Å². The van der Waals surface area contributed by atoms with E-state index in [2.05, 4.69) is 46.9 Å². The standard InChI is InChI=1S/C6H14N.C6H14.C4H8O.Li/c1-5(2)7-6(3)4;1-3-5-6-4-2;1-2-4-5-3-1;/h5-6H,1-4H3;3-6H2,1-2H3;1-4H2;/q-1;;;+1. The van der Waals surface area contributed by atoms with Crippen LogP contribution in [0.15, 0.2) is 0 Å². The predicted octanol–water partition coefficient (Wildman–Crippen LogP) is 2.56. The number of ether oxygens (including phenoxy) is 1. The van der Waals surface area contributed by atoms with Gasteiger partial charge in [-0.1, -0.05) is 67.2 Å². The summed E-state index contributed by atoms with van der Waals surface area (Å²) in [5.41, 5.74) is 0. The van der Waals surface area contributed by atoms with Crippen LogP contribution in [0.4, 0.5) is 0 Å². The van der Waals surface area contributed by atoms with Gasteiger partial charge in [-0.15, -0.1) is 12.1 Å². The van der Waals surface area contributed by atoms with E-state index < -0.39 is 0 Å². The summed E-state index contributed by atoms with van der Waals surface area (Å²) in [5.74, 6) is 0. The Morgan fingerprint density at radius 2 is 1.21 bits per heavy atom. The van der Waals surface area contributed by atoms with E-state index in [9.17, 15) is 0 Å². The van der Waals surface area contributed by atoms with E-state index in [0.29, 0.717) is 12.1 Å². The van der Waals surface area contributed by atoms with Crippen LogP contribution in [-0.4, -0.2) is 25.3 Å². The van der Waals surface area contributed by atoms with Crippen molar-refractivity contribution in [2.24, 2.45) is 0 Å². The summed E-state index contributed by atoms with van der Waals surface area (Å²) >= 11 is 0. The monoisotopic (exact) mass is 265 g/mol. The largest absolute Gasteiger partial charge is 1.00 e. The third kappa shape index (κ3) is 32.2. The Hall–Kier alpha value is 0.517. The number of unbranched alkanes of at least 4 members (excludes halogenated alkanes) is 3. The van der Waals surface area contributed by atoms with Crippen LogP contribution < -0.4 is 18.9 Å². The Bertz CT molecular complexity index is 119. The van der Waals surface area contributed by atoms with Crippen LogP contribution in [0.25, 0.3) is 5.32 Å². The first-order valence-corrected chi connectivity index (χ1v) is 7.82. The molecule has 0 N–H and O–H groups in total. The molecule has 1 aliphatic rings. The Kier molecular flexibility index (Phi) is 26.9. The van der Waals surface area contributed by atoms with Gasteiger partial charge in [-0.3, -0.25) is 0 Å². The predicted molar refractivity (Wildman–Crippen MR) is 83.5 cm³/mol. The fourth-order valence-electron chi connectivity index (χ4n) is 1.61. The number of hydrogen-bond acceptors (Lipinski definition) is 1. The van der Waals surface area contributed by atoms with Gasteiger partial charge in [-0.2, -0.15) is 0 Å². The third-order valence-electron chi connectivity index (χ3n) is 2.38. The van der Waals surface area contributed by atoms with Crippen molar-refractivity contribution in [1.29, 1.82) is 0 Å². The van der Waals surface area contributed by atoms with Crippen molar-refractivity contribution in [3.63, 3.8) is 0 Å². The fourth-order valence-corrected chi connectivity index (χ4v) is 1.61. The van der Waals surface area contributed by atoms with Crippen molar-refractivity contribution >= 4 is 0 Å². The second kappa shape index (κ2) is 20.8. The van der Waals surface area contributed by atoms with Gasteiger partial charge in [0.25, 0.3) is 0 Å². The molecule has 0 spiro atoms. The smallest absolute Gasteiger partial charge is 0.658 e. The second-order valence-corrected chi connectivity index (χ2v) is 5.36. The molecule has 0 aromatic carbocycles. The molecule has 0 atom stereocenters. The molecule has 2 nitrogen and oxygen atoms in total. The molecule has 1 heterocycles. The Morgan fingerprint density at radius 1 is 0.842 bits per heavy atom. The van der Waals surface area contributed by atoms with E-state index in [-0.39, 0.29) is 18.9 Å². The SMILES string of the molecule is C1CCOC1.CC(C)[N-]C(C)C.CCCCCC.[Li+]. The molecule has 112 valence electrons. The molecular weight excluding hydrogens is 229 g/mol. The van der Waals surface area contributed by atoms with E-state index in [1.807, 2.05) is 0 Å². The summed E-state index contributed by atoms with van der Waals surface area (Å²) < 4.78 is 4.94. The van der Waals surface area contributed by atoms with E-state index in [0.717, 1.165) is 13.2 Å². The number of hydrogen-bond donors (Lipinski definition) is 0. The minimum absolute atomic E-state index is 0. The molecule has 0 amide bonds. The van der Waals surface area contributed by atoms with Crippen molar-refractivity contribution in [2.75, 3.05) is 13.2 Å². The molecule has 1 fully saturated rings. The van der Waals surface area contributed by atoms with Crippen molar-refractivity contribution in [2.45, 2.75) is 92.2 Å². The summed E-state index contributed by atoms with van der Waals surface area (Å²) in [7, 11) is 0. The maximum absolute atomic E-state index is 4.94. The van der Waals surface area contributed by atoms with Crippen LogP contribution in [0.1, 0.15) is 80.1 Å². The summed E-state index contributed by atoms with van der Waals surface area (Å²) in [6.45, 7) is 14.9. The van der Waals surface area contributed by atoms with Gasteiger partial charge in [0, 0.05) is 13.2 Å². The molecule has 0 aliphatic carbocycles. The van der Waals surface area contributed by atoms with Gasteiger partial charge in [0.2, 0.25) is 0 Å². The van der Waals surface area contributed by atoms with E-state index in [1.165, 1.54) is 38.5 Å². The average Bonchev–Trinajstić information content (AvgIpc) is 2.83. The van der Waals surface area contributed by atoms with Crippen LogP contribution in [0.5, 0.6) is 0 Å². The van der Waals surface area contributed by atoms with Crippen molar-refractivity contribution in [3.8, 4) is 0 Å². The number of nitrogens with zero attached hydrogens (tertiary/aromatic N) is 1. The molecule has 1 aliphatic heterocycles. The maximum Gasteiger partial charge on any atom is 1.00 e. The second-order valence-electron chi connectivity index (χ2n) is 5.36. The quantitative estimate of drug-likeness (QED) is 0.553. The molecule has 0 aromatic rings. The summed E-state index contributed by atoms with van der Waals surface area (Å²) in [6, 6.07) is 1.000. The fraction of sp³-hybridized carbons (Fsp3) is 1.00. The minimum atomic E-state index is 0. The molecule has 1 saturated heterocycles. The van der Waals surface area contributed by atoms with Crippen LogP contribution >= 0.6 is 0 Å². The zero-order valence-corrected chi connectivity index (χ0v) is 14.7. The molecule has 3 heteroatoms. The topological polar surface area (TPSA) is 23.3 Å². The molecule has 0 bridgehead atoms. The summed E-state index contributed by atoms with van der Waals surface area (Å²) in [5, 5.41) is 4.28. The normalized spacial score (nSPS) is 13.3. The first kappa shape index (κ1) is 24.5. The molecule has 0 aromatic heterocycles. The van der Waals surface area contributed by atoms with Gasteiger partial charge < -0.3 is 10.1 Å².